The fraction of sp³-hybridized carbons (Fsp3) is 0.857. The zero-order valence-corrected chi connectivity index (χ0v) is 11.1. The summed E-state index contributed by atoms with van der Waals surface area (Å²) in [5.74, 6) is 1.14. The minimum absolute atomic E-state index is 0.148. The molecule has 100 valence electrons. The summed E-state index contributed by atoms with van der Waals surface area (Å²) in [6, 6.07) is 0.256. The molecule has 0 bridgehead atoms. The van der Waals surface area contributed by atoms with E-state index in [1.807, 2.05) is 9.80 Å². The van der Waals surface area contributed by atoms with E-state index in [-0.39, 0.29) is 17.9 Å². The summed E-state index contributed by atoms with van der Waals surface area (Å²) >= 11 is 0. The van der Waals surface area contributed by atoms with Gasteiger partial charge in [0.25, 0.3) is 0 Å². The van der Waals surface area contributed by atoms with E-state index in [2.05, 4.69) is 6.92 Å². The largest absolute Gasteiger partial charge is 0.337 e. The molecule has 0 spiro atoms. The van der Waals surface area contributed by atoms with E-state index in [0.29, 0.717) is 19.0 Å². The van der Waals surface area contributed by atoms with E-state index in [1.54, 1.807) is 0 Å². The molecule has 0 aromatic heterocycles. The Hall–Kier alpha value is -1.06. The quantitative estimate of drug-likeness (QED) is 0.706. The van der Waals surface area contributed by atoms with Crippen molar-refractivity contribution in [2.24, 2.45) is 5.92 Å². The van der Waals surface area contributed by atoms with Crippen LogP contribution in [0, 0.1) is 5.92 Å². The lowest BCUT2D eigenvalue weighted by Crippen LogP contribution is -2.54. The fourth-order valence-corrected chi connectivity index (χ4v) is 3.63. The first-order valence-corrected chi connectivity index (χ1v) is 7.27. The molecular formula is C14H22N2O2. The van der Waals surface area contributed by atoms with Crippen LogP contribution in [0.3, 0.4) is 0 Å². The molecule has 1 aliphatic carbocycles. The number of nitrogens with zero attached hydrogens (tertiary/aromatic N) is 2. The van der Waals surface area contributed by atoms with Crippen LogP contribution in [-0.2, 0) is 9.59 Å². The Labute approximate surface area is 108 Å². The molecule has 18 heavy (non-hydrogen) atoms. The van der Waals surface area contributed by atoms with Crippen molar-refractivity contribution in [2.75, 3.05) is 13.1 Å². The highest BCUT2D eigenvalue weighted by Gasteiger charge is 2.42. The van der Waals surface area contributed by atoms with E-state index < -0.39 is 0 Å². The Bertz CT molecular complexity index is 363. The van der Waals surface area contributed by atoms with Crippen LogP contribution in [0.25, 0.3) is 0 Å². The zero-order chi connectivity index (χ0) is 12.7. The first-order valence-electron chi connectivity index (χ1n) is 7.27. The van der Waals surface area contributed by atoms with Gasteiger partial charge in [-0.05, 0) is 38.0 Å². The van der Waals surface area contributed by atoms with Gasteiger partial charge in [0.05, 0.1) is 0 Å². The number of piperidine rings is 1. The highest BCUT2D eigenvalue weighted by molar-refractivity contribution is 5.90. The van der Waals surface area contributed by atoms with Gasteiger partial charge in [0, 0.05) is 25.6 Å². The highest BCUT2D eigenvalue weighted by Crippen LogP contribution is 2.34. The SMILES string of the molecule is CC1CC(N2CCC(=O)N3CCCCC3C2=O)C1. The molecule has 1 atom stereocenters. The number of amides is 2. The molecule has 3 fully saturated rings. The summed E-state index contributed by atoms with van der Waals surface area (Å²) in [4.78, 5) is 28.5. The first-order chi connectivity index (χ1) is 8.66. The van der Waals surface area contributed by atoms with E-state index in [4.69, 9.17) is 0 Å². The maximum atomic E-state index is 12.6. The summed E-state index contributed by atoms with van der Waals surface area (Å²) in [7, 11) is 0. The molecule has 4 nitrogen and oxygen atoms in total. The van der Waals surface area contributed by atoms with Gasteiger partial charge in [-0.2, -0.15) is 0 Å². The van der Waals surface area contributed by atoms with Gasteiger partial charge in [0.15, 0.2) is 0 Å². The standard InChI is InChI=1S/C14H22N2O2/c1-10-8-11(9-10)15-7-5-13(17)16-6-3-2-4-12(16)14(15)18/h10-12H,2-9H2,1H3. The maximum Gasteiger partial charge on any atom is 0.245 e. The number of rotatable bonds is 1. The van der Waals surface area contributed by atoms with Crippen molar-refractivity contribution in [1.82, 2.24) is 9.80 Å². The highest BCUT2D eigenvalue weighted by atomic mass is 16.2. The zero-order valence-electron chi connectivity index (χ0n) is 11.1. The van der Waals surface area contributed by atoms with Crippen molar-refractivity contribution in [1.29, 1.82) is 0 Å². The number of hydrogen-bond donors (Lipinski definition) is 0. The Morgan fingerprint density at radius 3 is 2.56 bits per heavy atom. The maximum absolute atomic E-state index is 12.6. The van der Waals surface area contributed by atoms with Crippen LogP contribution in [0.2, 0.25) is 0 Å². The normalized spacial score (nSPS) is 37.1. The molecule has 0 radical (unpaired) electrons. The Morgan fingerprint density at radius 2 is 1.83 bits per heavy atom. The summed E-state index contributed by atoms with van der Waals surface area (Å²) < 4.78 is 0. The molecule has 1 saturated carbocycles. The number of carbonyl (C=O) groups is 2. The second-order valence-electron chi connectivity index (χ2n) is 6.11. The van der Waals surface area contributed by atoms with Crippen LogP contribution in [0.1, 0.15) is 45.4 Å². The molecule has 2 amide bonds. The topological polar surface area (TPSA) is 40.6 Å². The van der Waals surface area contributed by atoms with E-state index >= 15 is 0 Å². The lowest BCUT2D eigenvalue weighted by Gasteiger charge is -2.43. The van der Waals surface area contributed by atoms with Gasteiger partial charge in [-0.1, -0.05) is 6.92 Å². The van der Waals surface area contributed by atoms with Crippen LogP contribution in [-0.4, -0.2) is 46.8 Å². The summed E-state index contributed by atoms with van der Waals surface area (Å²) in [5.41, 5.74) is 0. The van der Waals surface area contributed by atoms with E-state index in [1.165, 1.54) is 0 Å². The molecule has 2 saturated heterocycles. The molecule has 1 unspecified atom stereocenters. The average Bonchev–Trinajstić information content (AvgIpc) is 2.46. The molecule has 0 aromatic carbocycles. The minimum Gasteiger partial charge on any atom is -0.337 e. The van der Waals surface area contributed by atoms with Crippen molar-refractivity contribution in [3.63, 3.8) is 0 Å². The third-order valence-corrected chi connectivity index (χ3v) is 4.75. The fourth-order valence-electron chi connectivity index (χ4n) is 3.63. The smallest absolute Gasteiger partial charge is 0.245 e. The Balaban J connectivity index is 1.77. The molecule has 3 rings (SSSR count). The summed E-state index contributed by atoms with van der Waals surface area (Å²) in [6.45, 7) is 3.66. The Kier molecular flexibility index (Phi) is 3.04. The van der Waals surface area contributed by atoms with Gasteiger partial charge in [-0.15, -0.1) is 0 Å². The second-order valence-corrected chi connectivity index (χ2v) is 6.11. The predicted molar refractivity (Wildman–Crippen MR) is 67.9 cm³/mol. The van der Waals surface area contributed by atoms with Gasteiger partial charge < -0.3 is 9.80 Å². The van der Waals surface area contributed by atoms with Gasteiger partial charge in [-0.25, -0.2) is 0 Å². The van der Waals surface area contributed by atoms with Gasteiger partial charge in [-0.3, -0.25) is 9.59 Å². The molecule has 4 heteroatoms. The molecular weight excluding hydrogens is 228 g/mol. The number of carbonyl (C=O) groups excluding carboxylic acids is 2. The van der Waals surface area contributed by atoms with Crippen molar-refractivity contribution in [3.05, 3.63) is 0 Å². The van der Waals surface area contributed by atoms with Crippen LogP contribution in [0.5, 0.6) is 0 Å². The molecule has 2 aliphatic heterocycles. The van der Waals surface area contributed by atoms with Crippen LogP contribution in [0.4, 0.5) is 0 Å². The van der Waals surface area contributed by atoms with Gasteiger partial charge >= 0.3 is 0 Å². The molecule has 3 aliphatic rings. The van der Waals surface area contributed by atoms with Crippen molar-refractivity contribution < 1.29 is 9.59 Å². The third-order valence-electron chi connectivity index (χ3n) is 4.75. The lowest BCUT2D eigenvalue weighted by atomic mass is 9.80. The third kappa shape index (κ3) is 1.91. The minimum atomic E-state index is -0.148. The lowest BCUT2D eigenvalue weighted by molar-refractivity contribution is -0.145. The van der Waals surface area contributed by atoms with Crippen LogP contribution >= 0.6 is 0 Å². The van der Waals surface area contributed by atoms with Crippen LogP contribution in [0.15, 0.2) is 0 Å². The Morgan fingerprint density at radius 1 is 1.06 bits per heavy atom. The van der Waals surface area contributed by atoms with Crippen molar-refractivity contribution in [3.8, 4) is 0 Å². The molecule has 0 N–H and O–H groups in total. The van der Waals surface area contributed by atoms with Crippen LogP contribution < -0.4 is 0 Å². The van der Waals surface area contributed by atoms with Crippen molar-refractivity contribution in [2.45, 2.75) is 57.5 Å². The average molecular weight is 250 g/mol. The van der Waals surface area contributed by atoms with Gasteiger partial charge in [0.1, 0.15) is 6.04 Å². The number of fused-ring (bicyclic) bond motifs is 1. The predicted octanol–water partition coefficient (Wildman–Crippen LogP) is 1.40. The van der Waals surface area contributed by atoms with Crippen molar-refractivity contribution >= 4 is 11.8 Å². The van der Waals surface area contributed by atoms with E-state index in [9.17, 15) is 9.59 Å². The summed E-state index contributed by atoms with van der Waals surface area (Å²) in [6.07, 6.45) is 5.75. The monoisotopic (exact) mass is 250 g/mol. The van der Waals surface area contributed by atoms with E-state index in [0.717, 1.165) is 44.6 Å². The second kappa shape index (κ2) is 4.56. The van der Waals surface area contributed by atoms with Gasteiger partial charge in [0.2, 0.25) is 11.8 Å². The molecule has 0 aromatic rings. The molecule has 2 heterocycles. The first kappa shape index (κ1) is 12.0. The summed E-state index contributed by atoms with van der Waals surface area (Å²) in [5, 5.41) is 0. The number of hydrogen-bond acceptors (Lipinski definition) is 2.